The van der Waals surface area contributed by atoms with E-state index in [1.54, 1.807) is 35.4 Å². The summed E-state index contributed by atoms with van der Waals surface area (Å²) in [6.07, 6.45) is 8.15. The van der Waals surface area contributed by atoms with Crippen LogP contribution in [0.4, 0.5) is 0 Å². The number of hydrogen-bond acceptors (Lipinski definition) is 5. The van der Waals surface area contributed by atoms with Crippen LogP contribution in [0.5, 0.6) is 11.8 Å². The number of ether oxygens (including phenoxy) is 1. The van der Waals surface area contributed by atoms with E-state index in [9.17, 15) is 4.79 Å². The summed E-state index contributed by atoms with van der Waals surface area (Å²) in [5, 5.41) is 4.79. The van der Waals surface area contributed by atoms with E-state index in [1.165, 1.54) is 6.20 Å². The lowest BCUT2D eigenvalue weighted by Crippen LogP contribution is -2.09. The van der Waals surface area contributed by atoms with E-state index in [0.717, 1.165) is 5.56 Å². The standard InChI is InChI=1S/C19H15N5O2/c1-2-17(13-6-4-3-5-7-13)24-12-14(10-21-24)26-19-22-16-11-20-9-8-15(16)18(25)23-19/h2-12,17H,1H2,(H,22,23,25). The van der Waals surface area contributed by atoms with Gasteiger partial charge in [-0.3, -0.25) is 19.4 Å². The minimum Gasteiger partial charge on any atom is -0.422 e. The molecule has 4 aromatic rings. The molecule has 0 spiro atoms. The largest absolute Gasteiger partial charge is 0.422 e. The molecule has 0 saturated heterocycles. The van der Waals surface area contributed by atoms with Crippen molar-refractivity contribution in [1.82, 2.24) is 24.7 Å². The molecule has 0 aliphatic rings. The van der Waals surface area contributed by atoms with Crippen LogP contribution < -0.4 is 10.3 Å². The van der Waals surface area contributed by atoms with Crippen molar-refractivity contribution in [2.24, 2.45) is 0 Å². The van der Waals surface area contributed by atoms with Crippen LogP contribution in [0.25, 0.3) is 10.9 Å². The molecule has 0 radical (unpaired) electrons. The first-order valence-electron chi connectivity index (χ1n) is 7.98. The fraction of sp³-hybridized carbons (Fsp3) is 0.0526. The number of aromatic amines is 1. The van der Waals surface area contributed by atoms with E-state index < -0.39 is 0 Å². The molecular formula is C19H15N5O2. The van der Waals surface area contributed by atoms with Crippen molar-refractivity contribution in [1.29, 1.82) is 0 Å². The molecule has 3 heterocycles. The minimum absolute atomic E-state index is 0.0879. The predicted molar refractivity (Wildman–Crippen MR) is 97.2 cm³/mol. The first-order chi connectivity index (χ1) is 12.7. The van der Waals surface area contributed by atoms with Crippen molar-refractivity contribution in [3.05, 3.63) is 89.8 Å². The highest BCUT2D eigenvalue weighted by atomic mass is 16.5. The van der Waals surface area contributed by atoms with Crippen LogP contribution in [0.3, 0.4) is 0 Å². The Kier molecular flexibility index (Phi) is 4.03. The zero-order valence-electron chi connectivity index (χ0n) is 13.7. The van der Waals surface area contributed by atoms with Crippen LogP contribution in [0.2, 0.25) is 0 Å². The number of rotatable bonds is 5. The Hall–Kier alpha value is -3.74. The monoisotopic (exact) mass is 345 g/mol. The van der Waals surface area contributed by atoms with E-state index in [1.807, 2.05) is 30.3 Å². The lowest BCUT2D eigenvalue weighted by Gasteiger charge is -2.13. The van der Waals surface area contributed by atoms with Crippen molar-refractivity contribution in [3.8, 4) is 11.8 Å². The third kappa shape index (κ3) is 2.98. The van der Waals surface area contributed by atoms with Gasteiger partial charge in [0.15, 0.2) is 5.75 Å². The summed E-state index contributed by atoms with van der Waals surface area (Å²) in [6, 6.07) is 11.5. The van der Waals surface area contributed by atoms with Gasteiger partial charge in [-0.05, 0) is 11.6 Å². The van der Waals surface area contributed by atoms with E-state index in [-0.39, 0.29) is 17.6 Å². The molecule has 1 N–H and O–H groups in total. The lowest BCUT2D eigenvalue weighted by molar-refractivity contribution is 0.441. The summed E-state index contributed by atoms with van der Waals surface area (Å²) >= 11 is 0. The van der Waals surface area contributed by atoms with Crippen molar-refractivity contribution in [2.45, 2.75) is 6.04 Å². The van der Waals surface area contributed by atoms with Crippen molar-refractivity contribution >= 4 is 10.9 Å². The minimum atomic E-state index is -0.284. The number of nitrogens with zero attached hydrogens (tertiary/aromatic N) is 4. The molecule has 0 aliphatic carbocycles. The van der Waals surface area contributed by atoms with Crippen LogP contribution in [-0.2, 0) is 0 Å². The summed E-state index contributed by atoms with van der Waals surface area (Å²) in [5.41, 5.74) is 1.24. The van der Waals surface area contributed by atoms with E-state index >= 15 is 0 Å². The van der Waals surface area contributed by atoms with Gasteiger partial charge in [0.05, 0.1) is 35.5 Å². The lowest BCUT2D eigenvalue weighted by atomic mass is 10.1. The average Bonchev–Trinajstić information content (AvgIpc) is 3.11. The normalized spacial score (nSPS) is 12.0. The molecule has 0 aliphatic heterocycles. The van der Waals surface area contributed by atoms with Gasteiger partial charge >= 0.3 is 6.01 Å². The van der Waals surface area contributed by atoms with Crippen LogP contribution in [0.15, 0.2) is 78.6 Å². The molecule has 3 aromatic heterocycles. The van der Waals surface area contributed by atoms with Gasteiger partial charge in [-0.1, -0.05) is 36.4 Å². The highest BCUT2D eigenvalue weighted by Gasteiger charge is 2.13. The van der Waals surface area contributed by atoms with Crippen LogP contribution >= 0.6 is 0 Å². The SMILES string of the molecule is C=CC(c1ccccc1)n1cc(Oc2nc3cnccc3c(=O)[nH]2)cn1. The molecule has 0 fully saturated rings. The van der Waals surface area contributed by atoms with Crippen LogP contribution in [0.1, 0.15) is 11.6 Å². The molecule has 0 saturated carbocycles. The Bertz CT molecular complexity index is 1120. The summed E-state index contributed by atoms with van der Waals surface area (Å²) in [7, 11) is 0. The van der Waals surface area contributed by atoms with Crippen molar-refractivity contribution < 1.29 is 4.74 Å². The summed E-state index contributed by atoms with van der Waals surface area (Å²) in [6.45, 7) is 3.88. The summed E-state index contributed by atoms with van der Waals surface area (Å²) in [5.74, 6) is 0.458. The third-order valence-corrected chi connectivity index (χ3v) is 3.93. The third-order valence-electron chi connectivity index (χ3n) is 3.93. The Labute approximate surface area is 148 Å². The van der Waals surface area contributed by atoms with Crippen molar-refractivity contribution in [2.75, 3.05) is 0 Å². The Balaban J connectivity index is 1.63. The highest BCUT2D eigenvalue weighted by molar-refractivity contribution is 5.76. The first-order valence-corrected chi connectivity index (χ1v) is 7.98. The van der Waals surface area contributed by atoms with Gasteiger partial charge in [0.2, 0.25) is 0 Å². The molecular weight excluding hydrogens is 330 g/mol. The predicted octanol–water partition coefficient (Wildman–Crippen LogP) is 3.08. The van der Waals surface area contributed by atoms with E-state index in [0.29, 0.717) is 16.7 Å². The fourth-order valence-corrected chi connectivity index (χ4v) is 2.70. The van der Waals surface area contributed by atoms with Gasteiger partial charge in [-0.2, -0.15) is 10.1 Å². The topological polar surface area (TPSA) is 85.7 Å². The molecule has 26 heavy (non-hydrogen) atoms. The molecule has 0 bridgehead atoms. The van der Waals surface area contributed by atoms with Gasteiger partial charge in [0, 0.05) is 6.20 Å². The summed E-state index contributed by atoms with van der Waals surface area (Å²) < 4.78 is 7.40. The number of H-pyrrole nitrogens is 1. The molecule has 1 unspecified atom stereocenters. The smallest absolute Gasteiger partial charge is 0.302 e. The Morgan fingerprint density at radius 3 is 2.85 bits per heavy atom. The number of aromatic nitrogens is 5. The quantitative estimate of drug-likeness (QED) is 0.562. The Morgan fingerprint density at radius 2 is 2.04 bits per heavy atom. The number of allylic oxidation sites excluding steroid dienone is 1. The maximum Gasteiger partial charge on any atom is 0.302 e. The van der Waals surface area contributed by atoms with Gasteiger partial charge in [-0.25, -0.2) is 0 Å². The van der Waals surface area contributed by atoms with E-state index in [4.69, 9.17) is 4.74 Å². The molecule has 1 aromatic carbocycles. The summed E-state index contributed by atoms with van der Waals surface area (Å²) in [4.78, 5) is 22.9. The zero-order valence-corrected chi connectivity index (χ0v) is 13.7. The maximum atomic E-state index is 12.1. The zero-order chi connectivity index (χ0) is 17.9. The molecule has 4 rings (SSSR count). The number of fused-ring (bicyclic) bond motifs is 1. The fourth-order valence-electron chi connectivity index (χ4n) is 2.70. The maximum absolute atomic E-state index is 12.1. The Morgan fingerprint density at radius 1 is 1.19 bits per heavy atom. The first kappa shape index (κ1) is 15.8. The van der Waals surface area contributed by atoms with Gasteiger partial charge < -0.3 is 4.74 Å². The van der Waals surface area contributed by atoms with Crippen LogP contribution in [-0.4, -0.2) is 24.7 Å². The molecule has 7 nitrogen and oxygen atoms in total. The second kappa shape index (κ2) is 6.64. The molecule has 128 valence electrons. The highest BCUT2D eigenvalue weighted by Crippen LogP contribution is 2.23. The van der Waals surface area contributed by atoms with E-state index in [2.05, 4.69) is 26.6 Å². The second-order valence-corrected chi connectivity index (χ2v) is 5.61. The number of pyridine rings is 1. The second-order valence-electron chi connectivity index (χ2n) is 5.61. The number of hydrogen-bond donors (Lipinski definition) is 1. The molecule has 0 amide bonds. The van der Waals surface area contributed by atoms with Crippen LogP contribution in [0, 0.1) is 0 Å². The van der Waals surface area contributed by atoms with Crippen molar-refractivity contribution in [3.63, 3.8) is 0 Å². The van der Waals surface area contributed by atoms with Gasteiger partial charge in [0.1, 0.15) is 0 Å². The van der Waals surface area contributed by atoms with Gasteiger partial charge in [0.25, 0.3) is 5.56 Å². The molecule has 7 heteroatoms. The molecule has 1 atom stereocenters. The number of benzene rings is 1. The average molecular weight is 345 g/mol. The van der Waals surface area contributed by atoms with Gasteiger partial charge in [-0.15, -0.1) is 6.58 Å². The number of nitrogens with one attached hydrogen (secondary N) is 1.